The van der Waals surface area contributed by atoms with Crippen molar-refractivity contribution in [2.45, 2.75) is 24.9 Å². The van der Waals surface area contributed by atoms with Gasteiger partial charge in [0, 0.05) is 30.7 Å². The van der Waals surface area contributed by atoms with Crippen molar-refractivity contribution in [1.29, 1.82) is 0 Å². The van der Waals surface area contributed by atoms with Crippen LogP contribution in [0.15, 0.2) is 48.5 Å². The van der Waals surface area contributed by atoms with E-state index in [4.69, 9.17) is 22.1 Å². The second-order valence-electron chi connectivity index (χ2n) is 6.29. The Hall–Kier alpha value is -1.55. The standard InChI is InChI=1S/C19H23ClN2O/c1-23-19-8-4-15(5-9-19)16-10-18(21)13-22(12-16)11-14-2-6-17(20)7-3-14/h2-9,16,18H,10-13,21H2,1H3. The van der Waals surface area contributed by atoms with Gasteiger partial charge in [-0.3, -0.25) is 4.90 Å². The van der Waals surface area contributed by atoms with Gasteiger partial charge in [0.1, 0.15) is 5.75 Å². The van der Waals surface area contributed by atoms with E-state index in [0.29, 0.717) is 5.92 Å². The normalized spacial score (nSPS) is 22.0. The lowest BCUT2D eigenvalue weighted by Gasteiger charge is -2.36. The van der Waals surface area contributed by atoms with Gasteiger partial charge >= 0.3 is 0 Å². The third-order valence-electron chi connectivity index (χ3n) is 4.47. The summed E-state index contributed by atoms with van der Waals surface area (Å²) in [5.41, 5.74) is 8.91. The molecule has 0 spiro atoms. The number of ether oxygens (including phenoxy) is 1. The molecule has 4 heteroatoms. The van der Waals surface area contributed by atoms with Crippen molar-refractivity contribution >= 4 is 11.6 Å². The largest absolute Gasteiger partial charge is 0.497 e. The SMILES string of the molecule is COc1ccc(C2CC(N)CN(Cc3ccc(Cl)cc3)C2)cc1. The third-order valence-corrected chi connectivity index (χ3v) is 4.72. The van der Waals surface area contributed by atoms with Gasteiger partial charge in [0.05, 0.1) is 7.11 Å². The van der Waals surface area contributed by atoms with Crippen molar-refractivity contribution in [2.75, 3.05) is 20.2 Å². The highest BCUT2D eigenvalue weighted by Crippen LogP contribution is 2.28. The number of hydrogen-bond donors (Lipinski definition) is 1. The lowest BCUT2D eigenvalue weighted by atomic mass is 9.88. The summed E-state index contributed by atoms with van der Waals surface area (Å²) in [5.74, 6) is 1.36. The molecule has 1 aliphatic rings. The lowest BCUT2D eigenvalue weighted by Crippen LogP contribution is -2.45. The Morgan fingerprint density at radius 3 is 2.43 bits per heavy atom. The van der Waals surface area contributed by atoms with Gasteiger partial charge in [-0.1, -0.05) is 35.9 Å². The average Bonchev–Trinajstić information content (AvgIpc) is 2.56. The fraction of sp³-hybridized carbons (Fsp3) is 0.368. The zero-order valence-corrected chi connectivity index (χ0v) is 14.2. The quantitative estimate of drug-likeness (QED) is 0.929. The number of likely N-dealkylation sites (tertiary alicyclic amines) is 1. The van der Waals surface area contributed by atoms with Crippen molar-refractivity contribution in [3.63, 3.8) is 0 Å². The minimum Gasteiger partial charge on any atom is -0.497 e. The summed E-state index contributed by atoms with van der Waals surface area (Å²) >= 11 is 5.96. The van der Waals surface area contributed by atoms with Crippen LogP contribution in [0.25, 0.3) is 0 Å². The Labute approximate surface area is 143 Å². The summed E-state index contributed by atoms with van der Waals surface area (Å²) in [7, 11) is 1.69. The van der Waals surface area contributed by atoms with Crippen molar-refractivity contribution in [3.05, 3.63) is 64.7 Å². The molecule has 3 rings (SSSR count). The van der Waals surface area contributed by atoms with Crippen LogP contribution in [0.1, 0.15) is 23.5 Å². The van der Waals surface area contributed by atoms with Crippen LogP contribution in [0.4, 0.5) is 0 Å². The summed E-state index contributed by atoms with van der Waals surface area (Å²) in [5, 5.41) is 0.778. The molecule has 2 N–H and O–H groups in total. The number of methoxy groups -OCH3 is 1. The summed E-state index contributed by atoms with van der Waals surface area (Å²) < 4.78 is 5.24. The Bertz CT molecular complexity index is 627. The van der Waals surface area contributed by atoms with E-state index >= 15 is 0 Å². The second-order valence-corrected chi connectivity index (χ2v) is 6.72. The number of hydrogen-bond acceptors (Lipinski definition) is 3. The molecule has 23 heavy (non-hydrogen) atoms. The molecule has 1 aliphatic heterocycles. The first kappa shape index (κ1) is 16.3. The zero-order valence-electron chi connectivity index (χ0n) is 13.4. The Balaban J connectivity index is 1.69. The van der Waals surface area contributed by atoms with Crippen LogP contribution in [0, 0.1) is 0 Å². The zero-order chi connectivity index (χ0) is 16.2. The van der Waals surface area contributed by atoms with Crippen molar-refractivity contribution in [2.24, 2.45) is 5.73 Å². The fourth-order valence-corrected chi connectivity index (χ4v) is 3.45. The monoisotopic (exact) mass is 330 g/mol. The molecule has 0 bridgehead atoms. The number of piperidine rings is 1. The van der Waals surface area contributed by atoms with E-state index < -0.39 is 0 Å². The van der Waals surface area contributed by atoms with Gasteiger partial charge in [0.15, 0.2) is 0 Å². The van der Waals surface area contributed by atoms with E-state index in [9.17, 15) is 0 Å². The van der Waals surface area contributed by atoms with Gasteiger partial charge in [0.2, 0.25) is 0 Å². The molecule has 0 saturated carbocycles. The lowest BCUT2D eigenvalue weighted by molar-refractivity contribution is 0.181. The molecule has 2 aromatic rings. The molecule has 1 heterocycles. The molecule has 0 amide bonds. The van der Waals surface area contributed by atoms with E-state index in [2.05, 4.69) is 29.2 Å². The number of benzene rings is 2. The van der Waals surface area contributed by atoms with Crippen LogP contribution in [-0.4, -0.2) is 31.1 Å². The van der Waals surface area contributed by atoms with E-state index in [0.717, 1.165) is 36.8 Å². The van der Waals surface area contributed by atoms with E-state index in [-0.39, 0.29) is 6.04 Å². The first-order chi connectivity index (χ1) is 11.1. The first-order valence-electron chi connectivity index (χ1n) is 8.00. The minimum absolute atomic E-state index is 0.211. The van der Waals surface area contributed by atoms with Crippen LogP contribution in [-0.2, 0) is 6.54 Å². The van der Waals surface area contributed by atoms with Crippen LogP contribution >= 0.6 is 11.6 Å². The Morgan fingerprint density at radius 2 is 1.78 bits per heavy atom. The maximum Gasteiger partial charge on any atom is 0.118 e. The Morgan fingerprint density at radius 1 is 1.09 bits per heavy atom. The molecule has 1 fully saturated rings. The average molecular weight is 331 g/mol. The molecule has 1 saturated heterocycles. The smallest absolute Gasteiger partial charge is 0.118 e. The molecule has 0 aliphatic carbocycles. The molecular formula is C19H23ClN2O. The summed E-state index contributed by atoms with van der Waals surface area (Å²) in [6.07, 6.45) is 1.03. The van der Waals surface area contributed by atoms with Crippen molar-refractivity contribution in [1.82, 2.24) is 4.90 Å². The Kier molecular flexibility index (Phi) is 5.21. The van der Waals surface area contributed by atoms with Crippen LogP contribution < -0.4 is 10.5 Å². The second kappa shape index (κ2) is 7.35. The number of halogens is 1. The van der Waals surface area contributed by atoms with Crippen molar-refractivity contribution < 1.29 is 4.74 Å². The van der Waals surface area contributed by atoms with Crippen LogP contribution in [0.3, 0.4) is 0 Å². The van der Waals surface area contributed by atoms with Crippen molar-refractivity contribution in [3.8, 4) is 5.75 Å². The molecule has 0 aromatic heterocycles. The number of nitrogens with zero attached hydrogens (tertiary/aromatic N) is 1. The van der Waals surface area contributed by atoms with Gasteiger partial charge < -0.3 is 10.5 Å². The molecular weight excluding hydrogens is 308 g/mol. The van der Waals surface area contributed by atoms with Gasteiger partial charge in [-0.15, -0.1) is 0 Å². The van der Waals surface area contributed by atoms with E-state index in [1.807, 2.05) is 24.3 Å². The van der Waals surface area contributed by atoms with E-state index in [1.54, 1.807) is 7.11 Å². The van der Waals surface area contributed by atoms with Crippen LogP contribution in [0.5, 0.6) is 5.75 Å². The van der Waals surface area contributed by atoms with Gasteiger partial charge in [-0.05, 0) is 47.7 Å². The minimum atomic E-state index is 0.211. The molecule has 2 unspecified atom stereocenters. The fourth-order valence-electron chi connectivity index (χ4n) is 3.33. The predicted octanol–water partition coefficient (Wildman–Crippen LogP) is 3.67. The molecule has 122 valence electrons. The summed E-state index contributed by atoms with van der Waals surface area (Å²) in [6, 6.07) is 16.6. The first-order valence-corrected chi connectivity index (χ1v) is 8.38. The van der Waals surface area contributed by atoms with Gasteiger partial charge in [-0.25, -0.2) is 0 Å². The molecule has 2 atom stereocenters. The highest BCUT2D eigenvalue weighted by atomic mass is 35.5. The van der Waals surface area contributed by atoms with E-state index in [1.165, 1.54) is 11.1 Å². The molecule has 0 radical (unpaired) electrons. The highest BCUT2D eigenvalue weighted by Gasteiger charge is 2.26. The maximum atomic E-state index is 6.30. The predicted molar refractivity (Wildman–Crippen MR) is 95.1 cm³/mol. The number of rotatable bonds is 4. The summed E-state index contributed by atoms with van der Waals surface area (Å²) in [4.78, 5) is 2.44. The molecule has 3 nitrogen and oxygen atoms in total. The topological polar surface area (TPSA) is 38.5 Å². The van der Waals surface area contributed by atoms with Gasteiger partial charge in [0.25, 0.3) is 0 Å². The number of nitrogens with two attached hydrogens (primary N) is 1. The summed E-state index contributed by atoms with van der Waals surface area (Å²) in [6.45, 7) is 2.88. The van der Waals surface area contributed by atoms with Gasteiger partial charge in [-0.2, -0.15) is 0 Å². The molecule has 2 aromatic carbocycles. The van der Waals surface area contributed by atoms with Crippen LogP contribution in [0.2, 0.25) is 5.02 Å². The third kappa shape index (κ3) is 4.25. The highest BCUT2D eigenvalue weighted by molar-refractivity contribution is 6.30. The maximum absolute atomic E-state index is 6.30.